The summed E-state index contributed by atoms with van der Waals surface area (Å²) in [4.78, 5) is 0. The van der Waals surface area contributed by atoms with Gasteiger partial charge in [-0.05, 0) is 44.1 Å². The fourth-order valence-electron chi connectivity index (χ4n) is 2.22. The Balaban J connectivity index is 2.14. The molecule has 1 rings (SSSR count). The SMILES string of the molecule is CCCCN[C@@H]1CC[C@@H](C)[C@H](C)C1. The first-order valence-corrected chi connectivity index (χ1v) is 5.97. The Morgan fingerprint density at radius 3 is 2.54 bits per heavy atom. The largest absolute Gasteiger partial charge is 0.314 e. The van der Waals surface area contributed by atoms with Gasteiger partial charge in [0.15, 0.2) is 0 Å². The smallest absolute Gasteiger partial charge is 0.00698 e. The minimum Gasteiger partial charge on any atom is -0.314 e. The fourth-order valence-corrected chi connectivity index (χ4v) is 2.22. The molecule has 1 N–H and O–H groups in total. The van der Waals surface area contributed by atoms with Gasteiger partial charge in [0.05, 0.1) is 0 Å². The lowest BCUT2D eigenvalue weighted by atomic mass is 9.79. The molecule has 0 amide bonds. The predicted octanol–water partition coefficient (Wildman–Crippen LogP) is 3.20. The lowest BCUT2D eigenvalue weighted by Gasteiger charge is -2.32. The minimum absolute atomic E-state index is 0.817. The van der Waals surface area contributed by atoms with E-state index in [9.17, 15) is 0 Å². The lowest BCUT2D eigenvalue weighted by molar-refractivity contribution is 0.226. The van der Waals surface area contributed by atoms with E-state index in [1.807, 2.05) is 0 Å². The van der Waals surface area contributed by atoms with Crippen molar-refractivity contribution in [3.05, 3.63) is 0 Å². The maximum absolute atomic E-state index is 3.67. The van der Waals surface area contributed by atoms with Crippen LogP contribution in [0.4, 0.5) is 0 Å². The third kappa shape index (κ3) is 3.68. The van der Waals surface area contributed by atoms with Gasteiger partial charge in [-0.25, -0.2) is 0 Å². The molecule has 1 saturated carbocycles. The van der Waals surface area contributed by atoms with Crippen LogP contribution in [0.25, 0.3) is 0 Å². The van der Waals surface area contributed by atoms with Crippen molar-refractivity contribution in [1.29, 1.82) is 0 Å². The molecule has 0 spiro atoms. The van der Waals surface area contributed by atoms with Crippen molar-refractivity contribution in [2.75, 3.05) is 6.54 Å². The third-order valence-electron chi connectivity index (χ3n) is 3.56. The van der Waals surface area contributed by atoms with Crippen molar-refractivity contribution >= 4 is 0 Å². The number of nitrogens with one attached hydrogen (secondary N) is 1. The van der Waals surface area contributed by atoms with E-state index in [0.717, 1.165) is 17.9 Å². The zero-order valence-corrected chi connectivity index (χ0v) is 9.47. The second-order valence-electron chi connectivity index (χ2n) is 4.77. The molecule has 1 fully saturated rings. The van der Waals surface area contributed by atoms with Gasteiger partial charge in [-0.15, -0.1) is 0 Å². The molecular weight excluding hydrogens is 158 g/mol. The van der Waals surface area contributed by atoms with Gasteiger partial charge in [0.25, 0.3) is 0 Å². The van der Waals surface area contributed by atoms with Crippen molar-refractivity contribution in [3.8, 4) is 0 Å². The monoisotopic (exact) mass is 183 g/mol. The Kier molecular flexibility index (Phi) is 4.79. The normalized spacial score (nSPS) is 34.8. The summed E-state index contributed by atoms with van der Waals surface area (Å²) in [5, 5.41) is 3.67. The van der Waals surface area contributed by atoms with Crippen LogP contribution in [0, 0.1) is 11.8 Å². The molecule has 0 aliphatic heterocycles. The van der Waals surface area contributed by atoms with E-state index in [2.05, 4.69) is 26.1 Å². The molecule has 0 saturated heterocycles. The van der Waals surface area contributed by atoms with Crippen LogP contribution in [0.1, 0.15) is 52.9 Å². The lowest BCUT2D eigenvalue weighted by Crippen LogP contribution is -2.36. The molecule has 1 aliphatic rings. The van der Waals surface area contributed by atoms with Crippen LogP contribution in [-0.4, -0.2) is 12.6 Å². The van der Waals surface area contributed by atoms with Gasteiger partial charge >= 0.3 is 0 Å². The van der Waals surface area contributed by atoms with Crippen LogP contribution in [0.15, 0.2) is 0 Å². The Morgan fingerprint density at radius 2 is 1.92 bits per heavy atom. The molecule has 0 aromatic rings. The van der Waals surface area contributed by atoms with Gasteiger partial charge in [0.1, 0.15) is 0 Å². The molecule has 1 nitrogen and oxygen atoms in total. The highest BCUT2D eigenvalue weighted by atomic mass is 14.9. The van der Waals surface area contributed by atoms with Crippen molar-refractivity contribution in [2.24, 2.45) is 11.8 Å². The quantitative estimate of drug-likeness (QED) is 0.660. The molecule has 0 aromatic carbocycles. The van der Waals surface area contributed by atoms with E-state index in [1.165, 1.54) is 38.6 Å². The third-order valence-corrected chi connectivity index (χ3v) is 3.56. The molecule has 0 aromatic heterocycles. The summed E-state index contributed by atoms with van der Waals surface area (Å²) < 4.78 is 0. The topological polar surface area (TPSA) is 12.0 Å². The van der Waals surface area contributed by atoms with Crippen molar-refractivity contribution < 1.29 is 0 Å². The van der Waals surface area contributed by atoms with Crippen LogP contribution in [-0.2, 0) is 0 Å². The maximum Gasteiger partial charge on any atom is 0.00698 e. The molecular formula is C12H25N. The Labute approximate surface area is 83.3 Å². The Morgan fingerprint density at radius 1 is 1.15 bits per heavy atom. The molecule has 78 valence electrons. The summed E-state index contributed by atoms with van der Waals surface area (Å²) in [5.41, 5.74) is 0. The van der Waals surface area contributed by atoms with Gasteiger partial charge in [0.2, 0.25) is 0 Å². The molecule has 0 radical (unpaired) electrons. The van der Waals surface area contributed by atoms with Gasteiger partial charge in [-0.1, -0.05) is 27.2 Å². The zero-order valence-electron chi connectivity index (χ0n) is 9.47. The summed E-state index contributed by atoms with van der Waals surface area (Å²) in [6, 6.07) is 0.817. The molecule has 1 aliphatic carbocycles. The first-order chi connectivity index (χ1) is 6.24. The van der Waals surface area contributed by atoms with Crippen LogP contribution < -0.4 is 5.32 Å². The fraction of sp³-hybridized carbons (Fsp3) is 1.00. The van der Waals surface area contributed by atoms with Gasteiger partial charge in [-0.2, -0.15) is 0 Å². The number of rotatable bonds is 4. The van der Waals surface area contributed by atoms with E-state index in [-0.39, 0.29) is 0 Å². The second-order valence-corrected chi connectivity index (χ2v) is 4.77. The van der Waals surface area contributed by atoms with Crippen LogP contribution in [0.5, 0.6) is 0 Å². The summed E-state index contributed by atoms with van der Waals surface area (Å²) in [5.74, 6) is 1.87. The van der Waals surface area contributed by atoms with E-state index < -0.39 is 0 Å². The van der Waals surface area contributed by atoms with E-state index in [0.29, 0.717) is 0 Å². The average molecular weight is 183 g/mol. The molecule has 0 bridgehead atoms. The van der Waals surface area contributed by atoms with Crippen molar-refractivity contribution in [3.63, 3.8) is 0 Å². The van der Waals surface area contributed by atoms with Crippen LogP contribution in [0.2, 0.25) is 0 Å². The summed E-state index contributed by atoms with van der Waals surface area (Å²) in [6.07, 6.45) is 6.86. The van der Waals surface area contributed by atoms with E-state index >= 15 is 0 Å². The standard InChI is InChI=1S/C12H25N/c1-4-5-8-13-12-7-6-10(2)11(3)9-12/h10-13H,4-9H2,1-3H3/t10-,11-,12-/m1/s1. The van der Waals surface area contributed by atoms with Gasteiger partial charge in [-0.3, -0.25) is 0 Å². The first-order valence-electron chi connectivity index (χ1n) is 5.97. The van der Waals surface area contributed by atoms with E-state index in [1.54, 1.807) is 0 Å². The Hall–Kier alpha value is -0.0400. The summed E-state index contributed by atoms with van der Waals surface area (Å²) >= 11 is 0. The molecule has 0 heterocycles. The molecule has 13 heavy (non-hydrogen) atoms. The molecule has 1 heteroatoms. The summed E-state index contributed by atoms with van der Waals surface area (Å²) in [6.45, 7) is 8.28. The predicted molar refractivity (Wildman–Crippen MR) is 58.9 cm³/mol. The number of unbranched alkanes of at least 4 members (excludes halogenated alkanes) is 1. The van der Waals surface area contributed by atoms with Crippen LogP contribution in [0.3, 0.4) is 0 Å². The highest BCUT2D eigenvalue weighted by Crippen LogP contribution is 2.29. The number of hydrogen-bond donors (Lipinski definition) is 1. The summed E-state index contributed by atoms with van der Waals surface area (Å²) in [7, 11) is 0. The van der Waals surface area contributed by atoms with Gasteiger partial charge in [0, 0.05) is 6.04 Å². The van der Waals surface area contributed by atoms with Crippen molar-refractivity contribution in [1.82, 2.24) is 5.32 Å². The maximum atomic E-state index is 3.67. The minimum atomic E-state index is 0.817. The van der Waals surface area contributed by atoms with Crippen LogP contribution >= 0.6 is 0 Å². The van der Waals surface area contributed by atoms with E-state index in [4.69, 9.17) is 0 Å². The molecule has 3 atom stereocenters. The Bertz CT molecular complexity index is 133. The van der Waals surface area contributed by atoms with Gasteiger partial charge < -0.3 is 5.32 Å². The number of hydrogen-bond acceptors (Lipinski definition) is 1. The highest BCUT2D eigenvalue weighted by Gasteiger charge is 2.23. The highest BCUT2D eigenvalue weighted by molar-refractivity contribution is 4.79. The second kappa shape index (κ2) is 5.64. The molecule has 0 unspecified atom stereocenters. The zero-order chi connectivity index (χ0) is 9.68. The van der Waals surface area contributed by atoms with Crippen molar-refractivity contribution in [2.45, 2.75) is 58.9 Å². The first kappa shape index (κ1) is 11.0. The average Bonchev–Trinajstić information content (AvgIpc) is 2.12.